The van der Waals surface area contributed by atoms with E-state index in [0.717, 1.165) is 4.68 Å². The molecule has 1 heterocycles. The molecule has 1 amide bonds. The van der Waals surface area contributed by atoms with Crippen molar-refractivity contribution < 1.29 is 18.0 Å². The van der Waals surface area contributed by atoms with E-state index in [1.54, 1.807) is 20.8 Å². The molecule has 0 aliphatic rings. The highest BCUT2D eigenvalue weighted by atomic mass is 19.4. The van der Waals surface area contributed by atoms with Crippen molar-refractivity contribution in [3.63, 3.8) is 0 Å². The molecule has 1 rings (SSSR count). The molecule has 1 aromatic heterocycles. The van der Waals surface area contributed by atoms with Crippen LogP contribution in [0.25, 0.3) is 0 Å². The minimum atomic E-state index is -4.37. The van der Waals surface area contributed by atoms with Crippen LogP contribution in [0.5, 0.6) is 0 Å². The number of halogens is 3. The van der Waals surface area contributed by atoms with Crippen molar-refractivity contribution in [2.24, 2.45) is 0 Å². The number of alkyl halides is 3. The van der Waals surface area contributed by atoms with Gasteiger partial charge in [0, 0.05) is 11.3 Å². The molecule has 0 aliphatic heterocycles. The first-order valence-electron chi connectivity index (χ1n) is 6.83. The Labute approximate surface area is 127 Å². The fourth-order valence-corrected chi connectivity index (χ4v) is 2.02. The summed E-state index contributed by atoms with van der Waals surface area (Å²) in [5.41, 5.74) is 0.159. The molecule has 0 aliphatic carbocycles. The fourth-order valence-electron chi connectivity index (χ4n) is 2.02. The maximum atomic E-state index is 12.5. The molecule has 1 atom stereocenters. The van der Waals surface area contributed by atoms with E-state index in [2.05, 4.69) is 10.4 Å². The second-order valence-electron chi connectivity index (χ2n) is 5.44. The van der Waals surface area contributed by atoms with Gasteiger partial charge in [-0.25, -0.2) is 0 Å². The summed E-state index contributed by atoms with van der Waals surface area (Å²) in [5.74, 6) is -0.413. The summed E-state index contributed by atoms with van der Waals surface area (Å²) in [6.45, 7) is 5.23. The van der Waals surface area contributed by atoms with E-state index < -0.39 is 24.2 Å². The van der Waals surface area contributed by atoms with E-state index in [1.165, 1.54) is 6.92 Å². The first kappa shape index (κ1) is 18.0. The summed E-state index contributed by atoms with van der Waals surface area (Å²) in [6, 6.07) is 2.01. The zero-order valence-corrected chi connectivity index (χ0v) is 13.0. The molecule has 122 valence electrons. The molecule has 1 N–H and O–H groups in total. The maximum Gasteiger partial charge on any atom is 0.408 e. The van der Waals surface area contributed by atoms with Crippen LogP contribution in [0.15, 0.2) is 0 Å². The first-order chi connectivity index (χ1) is 10.0. The van der Waals surface area contributed by atoms with Crippen LogP contribution in [0.2, 0.25) is 0 Å². The fraction of sp³-hybridized carbons (Fsp3) is 0.643. The quantitative estimate of drug-likeness (QED) is 0.907. The number of nitriles is 1. The lowest BCUT2D eigenvalue weighted by atomic mass is 10.0. The maximum absolute atomic E-state index is 12.5. The summed E-state index contributed by atoms with van der Waals surface area (Å²) in [7, 11) is 0. The molecular weight excluding hydrogens is 297 g/mol. The van der Waals surface area contributed by atoms with E-state index in [9.17, 15) is 18.0 Å². The molecule has 0 radical (unpaired) electrons. The minimum absolute atomic E-state index is 0.104. The van der Waals surface area contributed by atoms with E-state index in [-0.39, 0.29) is 6.42 Å². The lowest BCUT2D eigenvalue weighted by molar-refractivity contribution is -0.143. The Morgan fingerprint density at radius 2 is 2.00 bits per heavy atom. The topological polar surface area (TPSA) is 70.7 Å². The summed E-state index contributed by atoms with van der Waals surface area (Å²) < 4.78 is 38.2. The number of aromatic nitrogens is 2. The van der Waals surface area contributed by atoms with Crippen LogP contribution in [0, 0.1) is 25.2 Å². The van der Waals surface area contributed by atoms with Crippen LogP contribution in [0.4, 0.5) is 13.2 Å². The summed E-state index contributed by atoms with van der Waals surface area (Å²) in [5, 5.41) is 15.5. The van der Waals surface area contributed by atoms with Gasteiger partial charge >= 0.3 is 6.18 Å². The van der Waals surface area contributed by atoms with Crippen LogP contribution in [-0.2, 0) is 17.8 Å². The molecule has 8 heteroatoms. The van der Waals surface area contributed by atoms with Gasteiger partial charge < -0.3 is 5.32 Å². The van der Waals surface area contributed by atoms with Crippen LogP contribution >= 0.6 is 0 Å². The van der Waals surface area contributed by atoms with E-state index in [0.29, 0.717) is 23.4 Å². The number of hydrogen-bond donors (Lipinski definition) is 1. The highest BCUT2D eigenvalue weighted by Gasteiger charge is 2.31. The standard InChI is InChI=1S/C14H19F3N4O/c1-5-13(4,7-18)19-12(22)6-11-9(2)20-21(10(11)3)8-14(15,16)17/h5-6,8H2,1-4H3,(H,19,22). The molecular formula is C14H19F3N4O. The van der Waals surface area contributed by atoms with Crippen LogP contribution in [0.3, 0.4) is 0 Å². The van der Waals surface area contributed by atoms with Gasteiger partial charge in [0.05, 0.1) is 18.2 Å². The second-order valence-corrected chi connectivity index (χ2v) is 5.44. The molecule has 0 saturated carbocycles. The van der Waals surface area contributed by atoms with Crippen molar-refractivity contribution in [2.45, 2.75) is 58.8 Å². The number of aryl methyl sites for hydroxylation is 1. The Kier molecular flexibility index (Phi) is 5.22. The number of rotatable bonds is 5. The van der Waals surface area contributed by atoms with Gasteiger partial charge in [0.25, 0.3) is 0 Å². The van der Waals surface area contributed by atoms with Crippen molar-refractivity contribution in [1.82, 2.24) is 15.1 Å². The van der Waals surface area contributed by atoms with Crippen LogP contribution in [0.1, 0.15) is 37.2 Å². The third-order valence-electron chi connectivity index (χ3n) is 3.57. The lowest BCUT2D eigenvalue weighted by Crippen LogP contribution is -2.45. The van der Waals surface area contributed by atoms with Crippen molar-refractivity contribution in [2.75, 3.05) is 0 Å². The van der Waals surface area contributed by atoms with E-state index in [1.807, 2.05) is 6.07 Å². The molecule has 1 unspecified atom stereocenters. The molecule has 0 saturated heterocycles. The predicted octanol–water partition coefficient (Wildman–Crippen LogP) is 2.41. The van der Waals surface area contributed by atoms with Gasteiger partial charge in [0.1, 0.15) is 12.1 Å². The van der Waals surface area contributed by atoms with Gasteiger partial charge in [0.2, 0.25) is 5.91 Å². The van der Waals surface area contributed by atoms with Gasteiger partial charge in [0.15, 0.2) is 0 Å². The Morgan fingerprint density at radius 1 is 1.41 bits per heavy atom. The Hall–Kier alpha value is -2.04. The highest BCUT2D eigenvalue weighted by molar-refractivity contribution is 5.80. The number of amides is 1. The van der Waals surface area contributed by atoms with Gasteiger partial charge in [-0.3, -0.25) is 9.48 Å². The van der Waals surface area contributed by atoms with E-state index >= 15 is 0 Å². The SMILES string of the molecule is CCC(C)(C#N)NC(=O)Cc1c(C)nn(CC(F)(F)F)c1C. The molecule has 0 fully saturated rings. The zero-order valence-electron chi connectivity index (χ0n) is 13.0. The average Bonchev–Trinajstić information content (AvgIpc) is 2.64. The second kappa shape index (κ2) is 6.38. The van der Waals surface area contributed by atoms with Crippen molar-refractivity contribution in [3.05, 3.63) is 17.0 Å². The van der Waals surface area contributed by atoms with Crippen molar-refractivity contribution in [3.8, 4) is 6.07 Å². The number of hydrogen-bond acceptors (Lipinski definition) is 3. The lowest BCUT2D eigenvalue weighted by Gasteiger charge is -2.21. The Bertz CT molecular complexity index is 600. The predicted molar refractivity (Wildman–Crippen MR) is 73.9 cm³/mol. The van der Waals surface area contributed by atoms with Gasteiger partial charge in [-0.15, -0.1) is 0 Å². The molecule has 22 heavy (non-hydrogen) atoms. The summed E-state index contributed by atoms with van der Waals surface area (Å²) in [6.07, 6.45) is -4.04. The number of carbonyl (C=O) groups excluding carboxylic acids is 1. The van der Waals surface area contributed by atoms with Gasteiger partial charge in [-0.05, 0) is 27.2 Å². The number of nitrogens with zero attached hydrogens (tertiary/aromatic N) is 3. The molecule has 5 nitrogen and oxygen atoms in total. The summed E-state index contributed by atoms with van der Waals surface area (Å²) in [4.78, 5) is 12.0. The molecule has 1 aromatic rings. The normalized spacial score (nSPS) is 14.3. The van der Waals surface area contributed by atoms with Crippen LogP contribution < -0.4 is 5.32 Å². The first-order valence-corrected chi connectivity index (χ1v) is 6.83. The van der Waals surface area contributed by atoms with E-state index in [4.69, 9.17) is 5.26 Å². The zero-order chi connectivity index (χ0) is 17.1. The highest BCUT2D eigenvalue weighted by Crippen LogP contribution is 2.21. The Morgan fingerprint density at radius 3 is 2.45 bits per heavy atom. The summed E-state index contributed by atoms with van der Waals surface area (Å²) >= 11 is 0. The third kappa shape index (κ3) is 4.48. The number of carbonyl (C=O) groups is 1. The van der Waals surface area contributed by atoms with Crippen molar-refractivity contribution >= 4 is 5.91 Å². The monoisotopic (exact) mass is 316 g/mol. The van der Waals surface area contributed by atoms with Gasteiger partial charge in [-0.1, -0.05) is 6.92 Å². The largest absolute Gasteiger partial charge is 0.408 e. The smallest absolute Gasteiger partial charge is 0.338 e. The number of nitrogens with one attached hydrogen (secondary N) is 1. The third-order valence-corrected chi connectivity index (χ3v) is 3.57. The average molecular weight is 316 g/mol. The molecule has 0 spiro atoms. The van der Waals surface area contributed by atoms with Crippen molar-refractivity contribution in [1.29, 1.82) is 5.26 Å². The minimum Gasteiger partial charge on any atom is -0.338 e. The Balaban J connectivity index is 2.91. The molecule has 0 bridgehead atoms. The van der Waals surface area contributed by atoms with Gasteiger partial charge in [-0.2, -0.15) is 23.5 Å². The van der Waals surface area contributed by atoms with Crippen LogP contribution in [-0.4, -0.2) is 27.4 Å². The molecule has 0 aromatic carbocycles.